The molecule has 2 amide bonds. The van der Waals surface area contributed by atoms with Crippen molar-refractivity contribution in [3.05, 3.63) is 35.4 Å². The Morgan fingerprint density at radius 1 is 1.09 bits per heavy atom. The number of hydroxylamine groups is 2. The Hall–Kier alpha value is -2.45. The predicted molar refractivity (Wildman–Crippen MR) is 65.7 cm³/mol. The van der Waals surface area contributed by atoms with Crippen LogP contribution in [0.25, 0.3) is 0 Å². The minimum atomic E-state index is -3.41. The fourth-order valence-electron chi connectivity index (χ4n) is 2.68. The fourth-order valence-corrected chi connectivity index (χ4v) is 2.68. The first-order chi connectivity index (χ1) is 10.7. The van der Waals surface area contributed by atoms with E-state index in [4.69, 9.17) is 0 Å². The molecule has 122 valence electrons. The lowest BCUT2D eigenvalue weighted by atomic mass is 9.66. The largest absolute Gasteiger partial charge is 0.345 e. The summed E-state index contributed by atoms with van der Waals surface area (Å²) >= 11 is 0. The monoisotopic (exact) mass is 331 g/mol. The van der Waals surface area contributed by atoms with Gasteiger partial charge in [0.05, 0.1) is 11.1 Å². The molecule has 1 aliphatic heterocycles. The third kappa shape index (κ3) is 2.18. The van der Waals surface area contributed by atoms with Crippen LogP contribution < -0.4 is 0 Å². The Balaban J connectivity index is 1.82. The number of fused-ring (bicyclic) bond motifs is 1. The Morgan fingerprint density at radius 2 is 1.57 bits per heavy atom. The number of amides is 2. The number of nitrogens with zero attached hydrogens (tertiary/aromatic N) is 1. The summed E-state index contributed by atoms with van der Waals surface area (Å²) in [7, 11) is 0. The van der Waals surface area contributed by atoms with E-state index in [0.29, 0.717) is 0 Å². The highest BCUT2D eigenvalue weighted by atomic mass is 19.3. The van der Waals surface area contributed by atoms with E-state index in [1.54, 1.807) is 0 Å². The first-order valence-corrected chi connectivity index (χ1v) is 6.54. The Kier molecular flexibility index (Phi) is 3.20. The summed E-state index contributed by atoms with van der Waals surface area (Å²) in [6.07, 6.45) is -6.18. The summed E-state index contributed by atoms with van der Waals surface area (Å²) in [5.74, 6) is -7.13. The van der Waals surface area contributed by atoms with E-state index in [-0.39, 0.29) is 16.2 Å². The molecule has 0 spiro atoms. The minimum absolute atomic E-state index is 0.0353. The zero-order valence-corrected chi connectivity index (χ0v) is 11.4. The van der Waals surface area contributed by atoms with Crippen molar-refractivity contribution in [2.45, 2.75) is 25.2 Å². The molecule has 5 nitrogen and oxygen atoms in total. The van der Waals surface area contributed by atoms with Gasteiger partial charge in [-0.25, -0.2) is 22.4 Å². The van der Waals surface area contributed by atoms with Gasteiger partial charge in [-0.3, -0.25) is 9.59 Å². The van der Waals surface area contributed by atoms with Crippen molar-refractivity contribution >= 4 is 17.8 Å². The van der Waals surface area contributed by atoms with Gasteiger partial charge in [-0.05, 0) is 12.1 Å². The highest BCUT2D eigenvalue weighted by molar-refractivity contribution is 6.20. The smallest absolute Gasteiger partial charge is 0.329 e. The molecule has 1 aromatic rings. The molecule has 9 heteroatoms. The number of carbonyl (C=O) groups excluding carboxylic acids is 3. The molecule has 23 heavy (non-hydrogen) atoms. The molecule has 0 N–H and O–H groups in total. The van der Waals surface area contributed by atoms with Crippen LogP contribution in [0.5, 0.6) is 0 Å². The first kappa shape index (κ1) is 15.4. The van der Waals surface area contributed by atoms with Gasteiger partial charge in [0, 0.05) is 12.8 Å². The zero-order valence-electron chi connectivity index (χ0n) is 11.4. The summed E-state index contributed by atoms with van der Waals surface area (Å²) in [5.41, 5.74) is -2.83. The molecule has 1 aromatic carbocycles. The van der Waals surface area contributed by atoms with Crippen molar-refractivity contribution in [2.75, 3.05) is 0 Å². The third-order valence-corrected chi connectivity index (χ3v) is 3.90. The van der Waals surface area contributed by atoms with Crippen molar-refractivity contribution in [1.82, 2.24) is 5.06 Å². The maximum absolute atomic E-state index is 13.0. The number of imide groups is 1. The topological polar surface area (TPSA) is 63.7 Å². The molecule has 0 bridgehead atoms. The molecule has 0 aromatic heterocycles. The van der Waals surface area contributed by atoms with Gasteiger partial charge in [0.15, 0.2) is 0 Å². The molecule has 1 heterocycles. The van der Waals surface area contributed by atoms with E-state index in [1.807, 2.05) is 0 Å². The van der Waals surface area contributed by atoms with E-state index in [2.05, 4.69) is 4.84 Å². The van der Waals surface area contributed by atoms with Crippen molar-refractivity contribution < 1.29 is 36.8 Å². The van der Waals surface area contributed by atoms with Crippen molar-refractivity contribution in [3.63, 3.8) is 0 Å². The molecule has 0 saturated heterocycles. The number of hydrogen-bond acceptors (Lipinski definition) is 4. The predicted octanol–water partition coefficient (Wildman–Crippen LogP) is 2.42. The molecule has 1 fully saturated rings. The summed E-state index contributed by atoms with van der Waals surface area (Å²) in [5, 5.41) is 0.0353. The van der Waals surface area contributed by atoms with Crippen molar-refractivity contribution in [3.8, 4) is 0 Å². The Bertz CT molecular complexity index is 675. The van der Waals surface area contributed by atoms with Gasteiger partial charge < -0.3 is 4.84 Å². The third-order valence-electron chi connectivity index (χ3n) is 3.90. The standard InChI is InChI=1S/C14H9F4NO4/c15-11(16)13(5-14(17,18)6-13)12(22)23-19-9(20)7-3-1-2-4-8(7)10(19)21/h1-4,11H,5-6H2. The van der Waals surface area contributed by atoms with Crippen LogP contribution in [-0.4, -0.2) is 35.2 Å². The van der Waals surface area contributed by atoms with Crippen LogP contribution in [0.3, 0.4) is 0 Å². The second-order valence-corrected chi connectivity index (χ2v) is 5.50. The van der Waals surface area contributed by atoms with Crippen molar-refractivity contribution in [1.29, 1.82) is 0 Å². The van der Waals surface area contributed by atoms with Crippen LogP contribution in [-0.2, 0) is 9.63 Å². The Labute approximate surface area is 126 Å². The molecule has 1 aliphatic carbocycles. The fraction of sp³-hybridized carbons (Fsp3) is 0.357. The SMILES string of the molecule is O=C1c2ccccc2C(=O)N1OC(=O)C1(C(F)F)CC(F)(F)C1. The molecule has 2 aliphatic rings. The molecule has 3 rings (SSSR count). The zero-order chi connectivity index (χ0) is 17.0. The van der Waals surface area contributed by atoms with Gasteiger partial charge in [-0.15, -0.1) is 0 Å². The van der Waals surface area contributed by atoms with Gasteiger partial charge in [-0.1, -0.05) is 17.2 Å². The maximum atomic E-state index is 13.0. The van der Waals surface area contributed by atoms with Crippen LogP contribution in [0.1, 0.15) is 33.6 Å². The van der Waals surface area contributed by atoms with Crippen LogP contribution in [0, 0.1) is 5.41 Å². The summed E-state index contributed by atoms with van der Waals surface area (Å²) in [6.45, 7) is 0. The van der Waals surface area contributed by atoms with Gasteiger partial charge in [0.1, 0.15) is 5.41 Å². The summed E-state index contributed by atoms with van der Waals surface area (Å²) in [6, 6.07) is 5.51. The van der Waals surface area contributed by atoms with Gasteiger partial charge in [-0.2, -0.15) is 0 Å². The van der Waals surface area contributed by atoms with Gasteiger partial charge in [0.2, 0.25) is 0 Å². The quantitative estimate of drug-likeness (QED) is 0.630. The van der Waals surface area contributed by atoms with Crippen LogP contribution >= 0.6 is 0 Å². The Morgan fingerprint density at radius 3 is 1.96 bits per heavy atom. The highest BCUT2D eigenvalue weighted by Crippen LogP contribution is 2.56. The molecular weight excluding hydrogens is 322 g/mol. The second kappa shape index (κ2) is 4.77. The highest BCUT2D eigenvalue weighted by Gasteiger charge is 2.67. The molecule has 1 saturated carbocycles. The molecule has 0 unspecified atom stereocenters. The summed E-state index contributed by atoms with van der Waals surface area (Å²) in [4.78, 5) is 40.3. The van der Waals surface area contributed by atoms with Crippen LogP contribution in [0.2, 0.25) is 0 Å². The van der Waals surface area contributed by atoms with E-state index >= 15 is 0 Å². The van der Waals surface area contributed by atoms with Gasteiger partial charge in [0.25, 0.3) is 24.2 Å². The van der Waals surface area contributed by atoms with E-state index < -0.39 is 48.4 Å². The summed E-state index contributed by atoms with van der Waals surface area (Å²) < 4.78 is 52.0. The number of rotatable bonds is 3. The molecule has 0 atom stereocenters. The first-order valence-electron chi connectivity index (χ1n) is 6.54. The average molecular weight is 331 g/mol. The second-order valence-electron chi connectivity index (χ2n) is 5.50. The molecule has 0 radical (unpaired) electrons. The lowest BCUT2D eigenvalue weighted by Gasteiger charge is -2.44. The maximum Gasteiger partial charge on any atom is 0.345 e. The number of halogens is 4. The van der Waals surface area contributed by atoms with E-state index in [1.165, 1.54) is 24.3 Å². The minimum Gasteiger partial charge on any atom is -0.329 e. The van der Waals surface area contributed by atoms with Crippen LogP contribution in [0.15, 0.2) is 24.3 Å². The average Bonchev–Trinajstić information content (AvgIpc) is 2.69. The van der Waals surface area contributed by atoms with E-state index in [0.717, 1.165) is 0 Å². The number of alkyl halides is 4. The van der Waals surface area contributed by atoms with E-state index in [9.17, 15) is 31.9 Å². The number of benzene rings is 1. The number of hydrogen-bond donors (Lipinski definition) is 0. The van der Waals surface area contributed by atoms with Crippen molar-refractivity contribution in [2.24, 2.45) is 5.41 Å². The molecular formula is C14H9F4NO4. The lowest BCUT2D eigenvalue weighted by Crippen LogP contribution is -2.57. The van der Waals surface area contributed by atoms with Crippen LogP contribution in [0.4, 0.5) is 17.6 Å². The lowest BCUT2D eigenvalue weighted by molar-refractivity contribution is -0.241. The van der Waals surface area contributed by atoms with Gasteiger partial charge >= 0.3 is 5.97 Å². The normalized spacial score (nSPS) is 21.2. The number of carbonyl (C=O) groups is 3.